The standard InChI is InChI=1S/C19H34N8O7/c20-10(3-1-7-24-19(22)23)15(30)25-11(5-6-14(21)29)17(32)27-8-2-4-13(27)16(31)26-12(9-28)18(33)34/h10-13,28H,1-9,20H2,(H2,21,29)(H,25,30)(H,26,31)(H,33,34)(H4,22,23,24). The lowest BCUT2D eigenvalue weighted by molar-refractivity contribution is -0.145. The number of likely N-dealkylation sites (tertiary alicyclic amines) is 1. The van der Waals surface area contributed by atoms with E-state index in [1.807, 2.05) is 0 Å². The van der Waals surface area contributed by atoms with Crippen molar-refractivity contribution in [1.82, 2.24) is 15.5 Å². The van der Waals surface area contributed by atoms with Crippen molar-refractivity contribution in [1.29, 1.82) is 0 Å². The Hall–Kier alpha value is -3.46. The molecule has 1 aliphatic heterocycles. The fraction of sp³-hybridized carbons (Fsp3) is 0.684. The number of primary amides is 1. The third-order valence-corrected chi connectivity index (χ3v) is 5.23. The smallest absolute Gasteiger partial charge is 0.328 e. The highest BCUT2D eigenvalue weighted by molar-refractivity contribution is 5.94. The van der Waals surface area contributed by atoms with Gasteiger partial charge in [-0.3, -0.25) is 24.2 Å². The first-order valence-corrected chi connectivity index (χ1v) is 10.8. The molecule has 1 aliphatic rings. The van der Waals surface area contributed by atoms with Crippen LogP contribution in [-0.4, -0.2) is 94.5 Å². The van der Waals surface area contributed by atoms with E-state index in [0.29, 0.717) is 12.8 Å². The van der Waals surface area contributed by atoms with Gasteiger partial charge in [0.05, 0.1) is 12.6 Å². The number of carbonyl (C=O) groups is 5. The molecule has 1 saturated heterocycles. The molecule has 4 unspecified atom stereocenters. The van der Waals surface area contributed by atoms with Crippen LogP contribution in [0.15, 0.2) is 4.99 Å². The quantitative estimate of drug-likeness (QED) is 0.0664. The second kappa shape index (κ2) is 13.9. The van der Waals surface area contributed by atoms with Gasteiger partial charge in [-0.25, -0.2) is 4.79 Å². The molecule has 0 aromatic heterocycles. The van der Waals surface area contributed by atoms with Gasteiger partial charge in [-0.1, -0.05) is 0 Å². The number of nitrogens with zero attached hydrogens (tertiary/aromatic N) is 2. The van der Waals surface area contributed by atoms with Gasteiger partial charge in [-0.2, -0.15) is 0 Å². The summed E-state index contributed by atoms with van der Waals surface area (Å²) in [6.07, 6.45) is 1.05. The minimum atomic E-state index is -1.52. The number of aliphatic hydroxyl groups excluding tert-OH is 1. The minimum absolute atomic E-state index is 0.0898. The molecule has 15 nitrogen and oxygen atoms in total. The number of carboxylic acid groups (broad SMARTS) is 1. The number of hydrogen-bond donors (Lipinski definition) is 8. The number of carboxylic acids is 1. The average Bonchev–Trinajstić information content (AvgIpc) is 3.26. The normalized spacial score (nSPS) is 17.8. The number of rotatable bonds is 14. The van der Waals surface area contributed by atoms with E-state index in [1.165, 1.54) is 4.90 Å². The Morgan fingerprint density at radius 1 is 1.06 bits per heavy atom. The Bertz CT molecular complexity index is 787. The second-order valence-corrected chi connectivity index (χ2v) is 7.89. The first-order valence-electron chi connectivity index (χ1n) is 10.8. The van der Waals surface area contributed by atoms with Crippen molar-refractivity contribution in [3.05, 3.63) is 0 Å². The minimum Gasteiger partial charge on any atom is -0.480 e. The number of nitrogens with two attached hydrogens (primary N) is 4. The van der Waals surface area contributed by atoms with Gasteiger partial charge in [0, 0.05) is 19.5 Å². The number of amides is 4. The van der Waals surface area contributed by atoms with Gasteiger partial charge in [-0.05, 0) is 32.1 Å². The van der Waals surface area contributed by atoms with Crippen LogP contribution >= 0.6 is 0 Å². The van der Waals surface area contributed by atoms with Gasteiger partial charge in [0.2, 0.25) is 23.6 Å². The molecule has 0 bridgehead atoms. The molecule has 0 radical (unpaired) electrons. The average molecular weight is 487 g/mol. The lowest BCUT2D eigenvalue weighted by atomic mass is 10.1. The number of nitrogens with one attached hydrogen (secondary N) is 2. The molecule has 12 N–H and O–H groups in total. The highest BCUT2D eigenvalue weighted by Crippen LogP contribution is 2.20. The summed E-state index contributed by atoms with van der Waals surface area (Å²) in [5.74, 6) is -4.21. The monoisotopic (exact) mass is 486 g/mol. The van der Waals surface area contributed by atoms with Crippen LogP contribution in [0.25, 0.3) is 0 Å². The first kappa shape index (κ1) is 28.6. The molecule has 0 aromatic rings. The molecule has 1 rings (SSSR count). The Kier molecular flexibility index (Phi) is 11.7. The van der Waals surface area contributed by atoms with Gasteiger partial charge in [-0.15, -0.1) is 0 Å². The number of guanidine groups is 1. The number of aliphatic hydroxyl groups is 1. The van der Waals surface area contributed by atoms with Gasteiger partial charge >= 0.3 is 5.97 Å². The summed E-state index contributed by atoms with van der Waals surface area (Å²) in [5, 5.41) is 22.9. The van der Waals surface area contributed by atoms with Crippen molar-refractivity contribution < 1.29 is 34.2 Å². The predicted molar refractivity (Wildman–Crippen MR) is 120 cm³/mol. The number of aliphatic imine (C=N–C) groups is 1. The predicted octanol–water partition coefficient (Wildman–Crippen LogP) is -4.33. The molecule has 34 heavy (non-hydrogen) atoms. The van der Waals surface area contributed by atoms with Crippen LogP contribution in [0.4, 0.5) is 0 Å². The molecule has 0 aromatic carbocycles. The van der Waals surface area contributed by atoms with E-state index in [0.717, 1.165) is 0 Å². The molecule has 4 amide bonds. The zero-order valence-electron chi connectivity index (χ0n) is 18.8. The highest BCUT2D eigenvalue weighted by Gasteiger charge is 2.39. The van der Waals surface area contributed by atoms with Crippen LogP contribution in [-0.2, 0) is 24.0 Å². The Balaban J connectivity index is 2.88. The molecule has 0 aliphatic carbocycles. The van der Waals surface area contributed by atoms with E-state index >= 15 is 0 Å². The molecule has 192 valence electrons. The maximum Gasteiger partial charge on any atom is 0.328 e. The first-order chi connectivity index (χ1) is 16.0. The van der Waals surface area contributed by atoms with Gasteiger partial charge in [0.15, 0.2) is 5.96 Å². The second-order valence-electron chi connectivity index (χ2n) is 7.89. The van der Waals surface area contributed by atoms with Crippen molar-refractivity contribution in [3.8, 4) is 0 Å². The Labute approximate surface area is 196 Å². The summed E-state index contributed by atoms with van der Waals surface area (Å²) in [6, 6.07) is -4.67. The van der Waals surface area contributed by atoms with E-state index in [2.05, 4.69) is 15.6 Å². The number of hydrogen-bond acceptors (Lipinski definition) is 8. The van der Waals surface area contributed by atoms with Gasteiger partial charge in [0.25, 0.3) is 0 Å². The van der Waals surface area contributed by atoms with Crippen LogP contribution in [0.3, 0.4) is 0 Å². The van der Waals surface area contributed by atoms with Crippen molar-refractivity contribution in [2.45, 2.75) is 62.7 Å². The van der Waals surface area contributed by atoms with Crippen LogP contribution in [0.5, 0.6) is 0 Å². The Morgan fingerprint density at radius 3 is 2.29 bits per heavy atom. The molecule has 0 spiro atoms. The fourth-order valence-corrected chi connectivity index (χ4v) is 3.43. The van der Waals surface area contributed by atoms with E-state index in [1.54, 1.807) is 0 Å². The van der Waals surface area contributed by atoms with Crippen molar-refractivity contribution in [3.63, 3.8) is 0 Å². The zero-order valence-corrected chi connectivity index (χ0v) is 18.8. The van der Waals surface area contributed by atoms with Gasteiger partial charge in [0.1, 0.15) is 18.1 Å². The maximum absolute atomic E-state index is 13.2. The lowest BCUT2D eigenvalue weighted by Gasteiger charge is -2.29. The molecule has 4 atom stereocenters. The van der Waals surface area contributed by atoms with Crippen LogP contribution in [0, 0.1) is 0 Å². The third-order valence-electron chi connectivity index (χ3n) is 5.23. The SMILES string of the molecule is NC(=O)CCC(NC(=O)C(N)CCCN=C(N)N)C(=O)N1CCCC1C(=O)NC(CO)C(=O)O. The number of carbonyl (C=O) groups excluding carboxylic acids is 4. The fourth-order valence-electron chi connectivity index (χ4n) is 3.43. The summed E-state index contributed by atoms with van der Waals surface area (Å²) in [6.45, 7) is -0.371. The summed E-state index contributed by atoms with van der Waals surface area (Å²) in [5.41, 5.74) is 21.5. The molecule has 1 heterocycles. The topological polar surface area (TPSA) is 270 Å². The largest absolute Gasteiger partial charge is 0.480 e. The summed E-state index contributed by atoms with van der Waals surface area (Å²) >= 11 is 0. The van der Waals surface area contributed by atoms with E-state index < -0.39 is 60.4 Å². The number of aliphatic carboxylic acids is 1. The van der Waals surface area contributed by atoms with E-state index in [4.69, 9.17) is 33.1 Å². The molecule has 15 heteroatoms. The van der Waals surface area contributed by atoms with Crippen LogP contribution in [0.2, 0.25) is 0 Å². The van der Waals surface area contributed by atoms with Gasteiger partial charge < -0.3 is 48.7 Å². The van der Waals surface area contributed by atoms with Crippen LogP contribution in [0.1, 0.15) is 38.5 Å². The van der Waals surface area contributed by atoms with E-state index in [-0.39, 0.29) is 44.7 Å². The Morgan fingerprint density at radius 2 is 1.74 bits per heavy atom. The van der Waals surface area contributed by atoms with Crippen molar-refractivity contribution in [2.75, 3.05) is 19.7 Å². The molecule has 0 saturated carbocycles. The molecular formula is C19H34N8O7. The summed E-state index contributed by atoms with van der Waals surface area (Å²) < 4.78 is 0. The molecule has 1 fully saturated rings. The summed E-state index contributed by atoms with van der Waals surface area (Å²) in [4.78, 5) is 65.6. The van der Waals surface area contributed by atoms with E-state index in [9.17, 15) is 24.0 Å². The molecular weight excluding hydrogens is 452 g/mol. The third kappa shape index (κ3) is 9.19. The van der Waals surface area contributed by atoms with Crippen molar-refractivity contribution in [2.24, 2.45) is 27.9 Å². The van der Waals surface area contributed by atoms with Crippen molar-refractivity contribution >= 4 is 35.6 Å². The highest BCUT2D eigenvalue weighted by atomic mass is 16.4. The summed E-state index contributed by atoms with van der Waals surface area (Å²) in [7, 11) is 0. The van der Waals surface area contributed by atoms with Crippen LogP contribution < -0.4 is 33.6 Å². The lowest BCUT2D eigenvalue weighted by Crippen LogP contribution is -2.57. The maximum atomic E-state index is 13.2. The zero-order chi connectivity index (χ0) is 25.8.